The smallest absolute Gasteiger partial charge is 0.106 e. The van der Waals surface area contributed by atoms with Gasteiger partial charge in [0.2, 0.25) is 0 Å². The van der Waals surface area contributed by atoms with Crippen LogP contribution in [0.4, 0.5) is 5.69 Å². The first-order valence-electron chi connectivity index (χ1n) is 6.41. The standard InChI is InChI=1S/C14H19N3/c1-9-4-3-5-13(9)17-10(2)16-12-8-11(15)6-7-14(12)17/h6-9,13H,3-5,15H2,1-2H3. The molecule has 3 heteroatoms. The first-order valence-corrected chi connectivity index (χ1v) is 6.41. The maximum absolute atomic E-state index is 5.81. The van der Waals surface area contributed by atoms with E-state index in [9.17, 15) is 0 Å². The minimum absolute atomic E-state index is 0.614. The number of aryl methyl sites for hydroxylation is 1. The van der Waals surface area contributed by atoms with Gasteiger partial charge >= 0.3 is 0 Å². The predicted octanol–water partition coefficient (Wildman–Crippen LogP) is 3.29. The van der Waals surface area contributed by atoms with Gasteiger partial charge in [-0.3, -0.25) is 0 Å². The van der Waals surface area contributed by atoms with Gasteiger partial charge in [-0.05, 0) is 43.9 Å². The van der Waals surface area contributed by atoms with Crippen molar-refractivity contribution in [2.75, 3.05) is 5.73 Å². The predicted molar refractivity (Wildman–Crippen MR) is 70.9 cm³/mol. The van der Waals surface area contributed by atoms with Crippen molar-refractivity contribution >= 4 is 16.7 Å². The summed E-state index contributed by atoms with van der Waals surface area (Å²) in [5.41, 5.74) is 8.87. The van der Waals surface area contributed by atoms with Crippen LogP contribution in [0.15, 0.2) is 18.2 Å². The first-order chi connectivity index (χ1) is 8.16. The second-order valence-corrected chi connectivity index (χ2v) is 5.25. The summed E-state index contributed by atoms with van der Waals surface area (Å²) < 4.78 is 2.41. The summed E-state index contributed by atoms with van der Waals surface area (Å²) in [6.45, 7) is 4.45. The van der Waals surface area contributed by atoms with Crippen LogP contribution in [-0.2, 0) is 0 Å². The van der Waals surface area contributed by atoms with Crippen molar-refractivity contribution in [3.63, 3.8) is 0 Å². The van der Waals surface area contributed by atoms with Crippen molar-refractivity contribution in [1.29, 1.82) is 0 Å². The van der Waals surface area contributed by atoms with Crippen LogP contribution in [0.3, 0.4) is 0 Å². The number of aromatic nitrogens is 2. The van der Waals surface area contributed by atoms with Crippen molar-refractivity contribution in [2.24, 2.45) is 5.92 Å². The molecular weight excluding hydrogens is 210 g/mol. The fourth-order valence-corrected chi connectivity index (χ4v) is 3.16. The molecule has 90 valence electrons. The number of hydrogen-bond donors (Lipinski definition) is 1. The van der Waals surface area contributed by atoms with Gasteiger partial charge in [0.1, 0.15) is 5.82 Å². The van der Waals surface area contributed by atoms with Crippen molar-refractivity contribution in [3.8, 4) is 0 Å². The minimum atomic E-state index is 0.614. The number of anilines is 1. The van der Waals surface area contributed by atoms with Gasteiger partial charge in [-0.2, -0.15) is 0 Å². The average Bonchev–Trinajstić information content (AvgIpc) is 2.80. The fraction of sp³-hybridized carbons (Fsp3) is 0.500. The second-order valence-electron chi connectivity index (χ2n) is 5.25. The number of nitrogens with zero attached hydrogens (tertiary/aromatic N) is 2. The zero-order valence-electron chi connectivity index (χ0n) is 10.5. The third-order valence-electron chi connectivity index (χ3n) is 4.04. The van der Waals surface area contributed by atoms with E-state index < -0.39 is 0 Å². The number of nitrogen functional groups attached to an aromatic ring is 1. The van der Waals surface area contributed by atoms with Crippen molar-refractivity contribution in [1.82, 2.24) is 9.55 Å². The van der Waals surface area contributed by atoms with E-state index in [1.54, 1.807) is 0 Å². The molecule has 1 aromatic heterocycles. The Morgan fingerprint density at radius 1 is 1.35 bits per heavy atom. The number of fused-ring (bicyclic) bond motifs is 1. The maximum atomic E-state index is 5.81. The van der Waals surface area contributed by atoms with E-state index in [4.69, 9.17) is 5.73 Å². The summed E-state index contributed by atoms with van der Waals surface area (Å²) in [7, 11) is 0. The fourth-order valence-electron chi connectivity index (χ4n) is 3.16. The maximum Gasteiger partial charge on any atom is 0.106 e. The van der Waals surface area contributed by atoms with Crippen LogP contribution < -0.4 is 5.73 Å². The van der Waals surface area contributed by atoms with Crippen LogP contribution in [0.2, 0.25) is 0 Å². The summed E-state index contributed by atoms with van der Waals surface area (Å²) in [5, 5.41) is 0. The quantitative estimate of drug-likeness (QED) is 0.762. The molecule has 2 aromatic rings. The number of benzene rings is 1. The first kappa shape index (κ1) is 10.6. The lowest BCUT2D eigenvalue weighted by molar-refractivity contribution is 0.409. The Kier molecular flexibility index (Phi) is 2.35. The van der Waals surface area contributed by atoms with Crippen LogP contribution in [0.1, 0.15) is 38.1 Å². The number of rotatable bonds is 1. The summed E-state index contributed by atoms with van der Waals surface area (Å²) in [6.07, 6.45) is 3.94. The highest BCUT2D eigenvalue weighted by atomic mass is 15.1. The highest BCUT2D eigenvalue weighted by molar-refractivity contribution is 5.79. The molecule has 0 saturated heterocycles. The number of imidazole rings is 1. The lowest BCUT2D eigenvalue weighted by Gasteiger charge is -2.20. The number of hydrogen-bond acceptors (Lipinski definition) is 2. The molecule has 1 saturated carbocycles. The Morgan fingerprint density at radius 3 is 2.88 bits per heavy atom. The molecule has 2 unspecified atom stereocenters. The molecule has 3 nitrogen and oxygen atoms in total. The summed E-state index contributed by atoms with van der Waals surface area (Å²) in [4.78, 5) is 4.64. The van der Waals surface area contributed by atoms with E-state index in [1.165, 1.54) is 24.8 Å². The normalized spacial score (nSPS) is 24.6. The molecule has 2 N–H and O–H groups in total. The van der Waals surface area contributed by atoms with Crippen molar-refractivity contribution in [2.45, 2.75) is 39.2 Å². The lowest BCUT2D eigenvalue weighted by Crippen LogP contribution is -2.12. The number of nitrogens with two attached hydrogens (primary N) is 1. The molecule has 1 fully saturated rings. The molecule has 0 radical (unpaired) electrons. The monoisotopic (exact) mass is 229 g/mol. The summed E-state index contributed by atoms with van der Waals surface area (Å²) in [6, 6.07) is 6.66. The highest BCUT2D eigenvalue weighted by Gasteiger charge is 2.27. The van der Waals surface area contributed by atoms with Gasteiger partial charge in [0.25, 0.3) is 0 Å². The van der Waals surface area contributed by atoms with Gasteiger partial charge in [-0.15, -0.1) is 0 Å². The zero-order valence-corrected chi connectivity index (χ0v) is 10.5. The molecular formula is C14H19N3. The summed E-state index contributed by atoms with van der Waals surface area (Å²) in [5.74, 6) is 1.87. The van der Waals surface area contributed by atoms with E-state index in [1.807, 2.05) is 12.1 Å². The van der Waals surface area contributed by atoms with E-state index in [0.29, 0.717) is 6.04 Å². The Hall–Kier alpha value is -1.51. The van der Waals surface area contributed by atoms with Crippen LogP contribution in [0.5, 0.6) is 0 Å². The van der Waals surface area contributed by atoms with Gasteiger partial charge in [-0.25, -0.2) is 4.98 Å². The third kappa shape index (κ3) is 1.61. The average molecular weight is 229 g/mol. The van der Waals surface area contributed by atoms with Crippen molar-refractivity contribution in [3.05, 3.63) is 24.0 Å². The van der Waals surface area contributed by atoms with Gasteiger partial charge in [0.15, 0.2) is 0 Å². The molecule has 0 amide bonds. The molecule has 2 atom stereocenters. The molecule has 1 aromatic carbocycles. The van der Waals surface area contributed by atoms with Gasteiger partial charge in [0, 0.05) is 11.7 Å². The van der Waals surface area contributed by atoms with E-state index in [2.05, 4.69) is 29.5 Å². The second kappa shape index (κ2) is 3.76. The van der Waals surface area contributed by atoms with E-state index in [0.717, 1.165) is 22.9 Å². The molecule has 3 rings (SSSR count). The van der Waals surface area contributed by atoms with E-state index in [-0.39, 0.29) is 0 Å². The van der Waals surface area contributed by atoms with Crippen LogP contribution in [0, 0.1) is 12.8 Å². The van der Waals surface area contributed by atoms with Gasteiger partial charge in [0.05, 0.1) is 11.0 Å². The zero-order chi connectivity index (χ0) is 12.0. The SMILES string of the molecule is Cc1nc2cc(N)ccc2n1C1CCCC1C. The molecule has 0 spiro atoms. The topological polar surface area (TPSA) is 43.8 Å². The Labute approximate surface area is 102 Å². The van der Waals surface area contributed by atoms with E-state index >= 15 is 0 Å². The van der Waals surface area contributed by atoms with Crippen LogP contribution >= 0.6 is 0 Å². The lowest BCUT2D eigenvalue weighted by atomic mass is 10.1. The summed E-state index contributed by atoms with van der Waals surface area (Å²) >= 11 is 0. The molecule has 1 aliphatic carbocycles. The Bertz CT molecular complexity index is 556. The van der Waals surface area contributed by atoms with Gasteiger partial charge < -0.3 is 10.3 Å². The highest BCUT2D eigenvalue weighted by Crippen LogP contribution is 2.38. The van der Waals surface area contributed by atoms with Crippen LogP contribution in [0.25, 0.3) is 11.0 Å². The molecule has 17 heavy (non-hydrogen) atoms. The largest absolute Gasteiger partial charge is 0.399 e. The Balaban J connectivity index is 2.18. The van der Waals surface area contributed by atoms with Crippen molar-refractivity contribution < 1.29 is 0 Å². The molecule has 1 aliphatic rings. The minimum Gasteiger partial charge on any atom is -0.399 e. The van der Waals surface area contributed by atoms with Crippen LogP contribution in [-0.4, -0.2) is 9.55 Å². The molecule has 1 heterocycles. The molecule has 0 aliphatic heterocycles. The van der Waals surface area contributed by atoms with Gasteiger partial charge in [-0.1, -0.05) is 13.3 Å². The Morgan fingerprint density at radius 2 is 2.18 bits per heavy atom. The third-order valence-corrected chi connectivity index (χ3v) is 4.04. The molecule has 0 bridgehead atoms.